The van der Waals surface area contributed by atoms with E-state index in [1.807, 2.05) is 13.8 Å². The molecule has 8 nitrogen and oxygen atoms in total. The highest BCUT2D eigenvalue weighted by atomic mass is 32.1. The van der Waals surface area contributed by atoms with Gasteiger partial charge in [0.2, 0.25) is 0 Å². The van der Waals surface area contributed by atoms with E-state index in [-0.39, 0.29) is 22.8 Å². The van der Waals surface area contributed by atoms with E-state index in [0.29, 0.717) is 28.6 Å². The van der Waals surface area contributed by atoms with Crippen molar-refractivity contribution in [3.63, 3.8) is 0 Å². The van der Waals surface area contributed by atoms with Crippen LogP contribution in [0, 0.1) is 13.8 Å². The van der Waals surface area contributed by atoms with E-state index in [1.165, 1.54) is 29.4 Å². The molecule has 4 rings (SSSR count). The summed E-state index contributed by atoms with van der Waals surface area (Å²) in [6, 6.07) is 10.2. The zero-order chi connectivity index (χ0) is 24.6. The second-order valence-corrected chi connectivity index (χ2v) is 8.88. The number of ether oxygens (including phenoxy) is 2. The van der Waals surface area contributed by atoms with Gasteiger partial charge in [-0.05, 0) is 62.7 Å². The summed E-state index contributed by atoms with van der Waals surface area (Å²) in [5.74, 6) is -1.21. The summed E-state index contributed by atoms with van der Waals surface area (Å²) >= 11 is 1.29. The summed E-state index contributed by atoms with van der Waals surface area (Å²) < 4.78 is 10.7. The Kier molecular flexibility index (Phi) is 6.30. The molecule has 3 aromatic rings. The van der Waals surface area contributed by atoms with Gasteiger partial charge in [0.15, 0.2) is 16.6 Å². The first-order valence-electron chi connectivity index (χ1n) is 10.6. The van der Waals surface area contributed by atoms with Crippen LogP contribution >= 0.6 is 11.3 Å². The number of amides is 1. The van der Waals surface area contributed by atoms with Crippen LogP contribution in [0.4, 0.5) is 5.13 Å². The quantitative estimate of drug-likeness (QED) is 0.304. The van der Waals surface area contributed by atoms with Crippen LogP contribution in [0.15, 0.2) is 48.0 Å². The number of thiazole rings is 1. The molecule has 1 amide bonds. The van der Waals surface area contributed by atoms with Crippen molar-refractivity contribution in [1.29, 1.82) is 0 Å². The van der Waals surface area contributed by atoms with E-state index in [9.17, 15) is 19.8 Å². The fraction of sp³-hybridized carbons (Fsp3) is 0.240. The summed E-state index contributed by atoms with van der Waals surface area (Å²) in [6.07, 6.45) is 0. The first-order chi connectivity index (χ1) is 16.3. The molecular formula is C25H24N2O6S. The maximum atomic E-state index is 13.2. The number of aromatic nitrogens is 1. The second kappa shape index (κ2) is 9.18. The lowest BCUT2D eigenvalue weighted by atomic mass is 9.95. The number of benzene rings is 2. The Hall–Kier alpha value is -3.85. The molecule has 0 saturated carbocycles. The van der Waals surface area contributed by atoms with Gasteiger partial charge in [0.05, 0.1) is 31.0 Å². The Labute approximate surface area is 200 Å². The third-order valence-corrected chi connectivity index (χ3v) is 6.70. The lowest BCUT2D eigenvalue weighted by Gasteiger charge is -2.23. The van der Waals surface area contributed by atoms with E-state index < -0.39 is 17.7 Å². The van der Waals surface area contributed by atoms with Crippen LogP contribution in [0.1, 0.15) is 34.7 Å². The molecule has 1 saturated heterocycles. The van der Waals surface area contributed by atoms with Gasteiger partial charge in [-0.25, -0.2) is 4.98 Å². The molecule has 0 radical (unpaired) electrons. The normalized spacial score (nSPS) is 17.3. The fourth-order valence-corrected chi connectivity index (χ4v) is 4.72. The lowest BCUT2D eigenvalue weighted by Crippen LogP contribution is -2.29. The molecular weight excluding hydrogens is 456 g/mol. The number of methoxy groups -OCH3 is 1. The molecule has 1 aliphatic rings. The van der Waals surface area contributed by atoms with Crippen LogP contribution in [0.5, 0.6) is 17.2 Å². The minimum atomic E-state index is -0.966. The molecule has 2 aromatic carbocycles. The number of nitrogens with zero attached hydrogens (tertiary/aromatic N) is 2. The number of aryl methyl sites for hydroxylation is 2. The standard InChI is InChI=1S/C25H24N2O6S/c1-5-33-19-12-16(8-11-18(19)28)21-20(22(29)15-6-9-17(32-4)10-7-15)23(30)24(31)27(21)25-26-13(2)14(3)34-25/h6-12,21,28-29H,5H2,1-4H3/t21-/m0/s1. The average Bonchev–Trinajstić information content (AvgIpc) is 3.30. The number of aromatic hydroxyl groups is 1. The number of Topliss-reactive ketones (excluding diaryl/α,β-unsaturated/α-hetero) is 1. The first-order valence-corrected chi connectivity index (χ1v) is 11.4. The highest BCUT2D eigenvalue weighted by Gasteiger charge is 2.48. The van der Waals surface area contributed by atoms with Crippen molar-refractivity contribution in [2.75, 3.05) is 18.6 Å². The van der Waals surface area contributed by atoms with E-state index in [0.717, 1.165) is 10.6 Å². The SMILES string of the molecule is CCOc1cc([C@H]2C(=C(O)c3ccc(OC)cc3)C(=O)C(=O)N2c2nc(C)c(C)s2)ccc1O. The van der Waals surface area contributed by atoms with E-state index in [1.54, 1.807) is 43.3 Å². The Morgan fingerprint density at radius 1 is 1.15 bits per heavy atom. The maximum absolute atomic E-state index is 13.2. The third-order valence-electron chi connectivity index (χ3n) is 5.63. The van der Waals surface area contributed by atoms with Crippen LogP contribution in [0.2, 0.25) is 0 Å². The highest BCUT2D eigenvalue weighted by molar-refractivity contribution is 7.16. The van der Waals surface area contributed by atoms with Gasteiger partial charge in [-0.3, -0.25) is 14.5 Å². The van der Waals surface area contributed by atoms with Gasteiger partial charge in [-0.2, -0.15) is 0 Å². The molecule has 2 N–H and O–H groups in total. The van der Waals surface area contributed by atoms with Gasteiger partial charge in [0.1, 0.15) is 11.5 Å². The predicted molar refractivity (Wildman–Crippen MR) is 129 cm³/mol. The van der Waals surface area contributed by atoms with Crippen molar-refractivity contribution in [1.82, 2.24) is 4.98 Å². The predicted octanol–water partition coefficient (Wildman–Crippen LogP) is 4.50. The van der Waals surface area contributed by atoms with Gasteiger partial charge in [-0.1, -0.05) is 6.07 Å². The van der Waals surface area contributed by atoms with Crippen LogP contribution in [-0.2, 0) is 9.59 Å². The number of aliphatic hydroxyl groups is 1. The molecule has 1 aliphatic heterocycles. The van der Waals surface area contributed by atoms with Gasteiger partial charge in [-0.15, -0.1) is 11.3 Å². The minimum absolute atomic E-state index is 0.0707. The second-order valence-electron chi connectivity index (χ2n) is 7.70. The molecule has 0 aliphatic carbocycles. The number of ketones is 1. The molecule has 34 heavy (non-hydrogen) atoms. The molecule has 1 aromatic heterocycles. The summed E-state index contributed by atoms with van der Waals surface area (Å²) in [4.78, 5) is 33.2. The van der Waals surface area contributed by atoms with Gasteiger partial charge < -0.3 is 19.7 Å². The van der Waals surface area contributed by atoms with E-state index in [2.05, 4.69) is 4.98 Å². The summed E-state index contributed by atoms with van der Waals surface area (Å²) in [6.45, 7) is 5.80. The summed E-state index contributed by atoms with van der Waals surface area (Å²) in [7, 11) is 1.53. The Morgan fingerprint density at radius 2 is 1.85 bits per heavy atom. The fourth-order valence-electron chi connectivity index (χ4n) is 3.78. The van der Waals surface area contributed by atoms with Crippen molar-refractivity contribution < 1.29 is 29.3 Å². The number of phenolic OH excluding ortho intramolecular Hbond substituents is 1. The van der Waals surface area contributed by atoms with Crippen molar-refractivity contribution in [2.24, 2.45) is 0 Å². The van der Waals surface area contributed by atoms with Gasteiger partial charge in [0.25, 0.3) is 5.78 Å². The number of carbonyl (C=O) groups excluding carboxylic acids is 2. The minimum Gasteiger partial charge on any atom is -0.507 e. The zero-order valence-electron chi connectivity index (χ0n) is 19.2. The smallest absolute Gasteiger partial charge is 0.301 e. The van der Waals surface area contributed by atoms with Crippen LogP contribution in [0.3, 0.4) is 0 Å². The molecule has 0 bridgehead atoms. The number of phenols is 1. The molecule has 176 valence electrons. The zero-order valence-corrected chi connectivity index (χ0v) is 20.0. The van der Waals surface area contributed by atoms with E-state index >= 15 is 0 Å². The molecule has 1 fully saturated rings. The summed E-state index contributed by atoms with van der Waals surface area (Å²) in [5.41, 5.74) is 1.52. The van der Waals surface area contributed by atoms with Crippen LogP contribution < -0.4 is 14.4 Å². The van der Waals surface area contributed by atoms with E-state index in [4.69, 9.17) is 9.47 Å². The van der Waals surface area contributed by atoms with Crippen molar-refractivity contribution >= 4 is 33.9 Å². The third kappa shape index (κ3) is 3.99. The number of hydrogen-bond donors (Lipinski definition) is 2. The maximum Gasteiger partial charge on any atom is 0.301 e. The number of anilines is 1. The molecule has 0 spiro atoms. The molecule has 9 heteroatoms. The first kappa shape index (κ1) is 23.3. The van der Waals surface area contributed by atoms with Gasteiger partial charge in [0, 0.05) is 10.4 Å². The Bertz CT molecular complexity index is 1280. The lowest BCUT2D eigenvalue weighted by molar-refractivity contribution is -0.132. The van der Waals surface area contributed by atoms with Gasteiger partial charge >= 0.3 is 5.91 Å². The molecule has 2 heterocycles. The average molecular weight is 481 g/mol. The highest BCUT2D eigenvalue weighted by Crippen LogP contribution is 2.45. The van der Waals surface area contributed by atoms with Crippen LogP contribution in [-0.4, -0.2) is 40.6 Å². The monoisotopic (exact) mass is 480 g/mol. The number of aliphatic hydroxyl groups excluding tert-OH is 1. The van der Waals surface area contributed by atoms with Crippen molar-refractivity contribution in [3.05, 3.63) is 69.7 Å². The topological polar surface area (TPSA) is 109 Å². The Morgan fingerprint density at radius 3 is 2.44 bits per heavy atom. The van der Waals surface area contributed by atoms with Crippen molar-refractivity contribution in [3.8, 4) is 17.2 Å². The Balaban J connectivity index is 1.94. The number of hydrogen-bond acceptors (Lipinski definition) is 8. The molecule has 0 unspecified atom stereocenters. The largest absolute Gasteiger partial charge is 0.507 e. The molecule has 1 atom stereocenters. The summed E-state index contributed by atoms with van der Waals surface area (Å²) in [5, 5.41) is 21.7. The number of rotatable bonds is 6. The number of carbonyl (C=O) groups is 2. The van der Waals surface area contributed by atoms with Crippen LogP contribution in [0.25, 0.3) is 5.76 Å². The van der Waals surface area contributed by atoms with Crippen molar-refractivity contribution in [2.45, 2.75) is 26.8 Å².